The fourth-order valence-corrected chi connectivity index (χ4v) is 2.10. The summed E-state index contributed by atoms with van der Waals surface area (Å²) in [5, 5.41) is 0. The molecule has 2 atom stereocenters. The van der Waals surface area contributed by atoms with E-state index in [4.69, 9.17) is 0 Å². The molecule has 0 saturated heterocycles. The summed E-state index contributed by atoms with van der Waals surface area (Å²) in [6.07, 6.45) is -4.61. The fourth-order valence-electron chi connectivity index (χ4n) is 1.26. The predicted molar refractivity (Wildman–Crippen MR) is 66.2 cm³/mol. The Labute approximate surface area is 112 Å². The molecular formula is C12H15F4NOS. The first kappa shape index (κ1) is 16.3. The molecule has 1 unspecified atom stereocenters. The van der Waals surface area contributed by atoms with Crippen LogP contribution in [0.3, 0.4) is 0 Å². The largest absolute Gasteiger partial charge is 0.598 e. The van der Waals surface area contributed by atoms with Crippen molar-refractivity contribution in [3.05, 3.63) is 35.6 Å². The minimum absolute atomic E-state index is 0.175. The summed E-state index contributed by atoms with van der Waals surface area (Å²) >= 11 is -1.88. The molecule has 0 aliphatic heterocycles. The average Bonchev–Trinajstić information content (AvgIpc) is 2.24. The number of hydrogen-bond donors (Lipinski definition) is 1. The Bertz CT molecular complexity index is 413. The molecule has 2 nitrogen and oxygen atoms in total. The van der Waals surface area contributed by atoms with Gasteiger partial charge in [0.05, 0.1) is 0 Å². The normalized spacial score (nSPS) is 16.2. The highest BCUT2D eigenvalue weighted by atomic mass is 32.2. The number of halogens is 4. The molecule has 0 spiro atoms. The molecule has 1 N–H and O–H groups in total. The summed E-state index contributed by atoms with van der Waals surface area (Å²) in [6.45, 7) is 4.69. The van der Waals surface area contributed by atoms with E-state index < -0.39 is 34.1 Å². The maximum absolute atomic E-state index is 13.0. The molecule has 19 heavy (non-hydrogen) atoms. The lowest BCUT2D eigenvalue weighted by Gasteiger charge is -2.29. The Morgan fingerprint density at radius 2 is 1.58 bits per heavy atom. The van der Waals surface area contributed by atoms with Crippen LogP contribution in [0.2, 0.25) is 0 Å². The van der Waals surface area contributed by atoms with Crippen LogP contribution in [0.15, 0.2) is 24.3 Å². The van der Waals surface area contributed by atoms with Gasteiger partial charge in [-0.1, -0.05) is 12.1 Å². The van der Waals surface area contributed by atoms with Crippen molar-refractivity contribution in [2.45, 2.75) is 37.7 Å². The Hall–Kier alpha value is -0.790. The van der Waals surface area contributed by atoms with E-state index in [0.717, 1.165) is 24.3 Å². The van der Waals surface area contributed by atoms with Crippen molar-refractivity contribution < 1.29 is 22.1 Å². The first-order valence-electron chi connectivity index (χ1n) is 5.52. The number of benzene rings is 1. The number of alkyl halides is 3. The fraction of sp³-hybridized carbons (Fsp3) is 0.500. The van der Waals surface area contributed by atoms with Crippen molar-refractivity contribution in [2.24, 2.45) is 0 Å². The maximum atomic E-state index is 13.0. The number of rotatable bonds is 3. The summed E-state index contributed by atoms with van der Waals surface area (Å²) in [6, 6.07) is 1.85. The Balaban J connectivity index is 3.00. The van der Waals surface area contributed by atoms with Crippen LogP contribution in [0, 0.1) is 5.82 Å². The molecule has 0 aromatic heterocycles. The molecule has 0 fully saturated rings. The molecule has 0 radical (unpaired) electrons. The summed E-state index contributed by atoms with van der Waals surface area (Å²) in [4.78, 5) is 0. The van der Waals surface area contributed by atoms with E-state index >= 15 is 0 Å². The van der Waals surface area contributed by atoms with Crippen molar-refractivity contribution in [2.75, 3.05) is 0 Å². The molecule has 1 rings (SSSR count). The first-order valence-corrected chi connectivity index (χ1v) is 6.67. The molecule has 0 saturated carbocycles. The van der Waals surface area contributed by atoms with Crippen LogP contribution < -0.4 is 4.72 Å². The van der Waals surface area contributed by atoms with Crippen molar-refractivity contribution in [1.82, 2.24) is 4.72 Å². The lowest BCUT2D eigenvalue weighted by Crippen LogP contribution is -2.45. The second-order valence-electron chi connectivity index (χ2n) is 5.03. The third kappa shape index (κ3) is 4.67. The zero-order chi connectivity index (χ0) is 14.8. The SMILES string of the molecule is CC(C)(C)[S@+]([O-])NC(c1ccc(F)cc1)C(F)(F)F. The minimum atomic E-state index is -4.61. The third-order valence-electron chi connectivity index (χ3n) is 2.31. The van der Waals surface area contributed by atoms with Crippen LogP contribution in [0.25, 0.3) is 0 Å². The van der Waals surface area contributed by atoms with Crippen molar-refractivity contribution in [1.29, 1.82) is 0 Å². The zero-order valence-corrected chi connectivity index (χ0v) is 11.5. The summed E-state index contributed by atoms with van der Waals surface area (Å²) < 4.78 is 64.6. The second-order valence-corrected chi connectivity index (χ2v) is 7.02. The number of hydrogen-bond acceptors (Lipinski definition) is 2. The molecule has 0 bridgehead atoms. The smallest absolute Gasteiger partial charge is 0.412 e. The van der Waals surface area contributed by atoms with Crippen LogP contribution in [0.4, 0.5) is 17.6 Å². The molecule has 1 aromatic rings. The lowest BCUT2D eigenvalue weighted by molar-refractivity contribution is -0.153. The monoisotopic (exact) mass is 297 g/mol. The van der Waals surface area contributed by atoms with Gasteiger partial charge in [-0.3, -0.25) is 0 Å². The molecule has 0 aliphatic rings. The lowest BCUT2D eigenvalue weighted by atomic mass is 10.1. The van der Waals surface area contributed by atoms with Crippen molar-refractivity contribution >= 4 is 11.4 Å². The van der Waals surface area contributed by atoms with Gasteiger partial charge in [-0.05, 0) is 38.5 Å². The van der Waals surface area contributed by atoms with Gasteiger partial charge in [0.15, 0.2) is 6.04 Å². The van der Waals surface area contributed by atoms with Gasteiger partial charge in [-0.15, -0.1) is 4.72 Å². The zero-order valence-electron chi connectivity index (χ0n) is 10.7. The Kier molecular flexibility index (Phi) is 4.86. The van der Waals surface area contributed by atoms with Crippen LogP contribution in [-0.4, -0.2) is 15.5 Å². The molecule has 7 heteroatoms. The highest BCUT2D eigenvalue weighted by Crippen LogP contribution is 2.34. The first-order chi connectivity index (χ1) is 8.51. The quantitative estimate of drug-likeness (QED) is 0.685. The number of nitrogens with one attached hydrogen (secondary N) is 1. The van der Waals surface area contributed by atoms with E-state index in [1.807, 2.05) is 0 Å². The van der Waals surface area contributed by atoms with E-state index in [9.17, 15) is 22.1 Å². The van der Waals surface area contributed by atoms with Gasteiger partial charge in [0.25, 0.3) is 0 Å². The van der Waals surface area contributed by atoms with Crippen molar-refractivity contribution in [3.63, 3.8) is 0 Å². The highest BCUT2D eigenvalue weighted by molar-refractivity contribution is 7.90. The standard InChI is InChI=1S/C12H15F4NOS/c1-11(2,3)19(18)17-10(12(14,15)16)8-4-6-9(13)7-5-8/h4-7,10,17H,1-3H3/t10?,19-/m0/s1. The third-order valence-corrected chi connectivity index (χ3v) is 3.87. The van der Waals surface area contributed by atoms with Gasteiger partial charge in [0, 0.05) is 11.4 Å². The van der Waals surface area contributed by atoms with Gasteiger partial charge >= 0.3 is 6.18 Å². The van der Waals surface area contributed by atoms with Crippen LogP contribution in [0.1, 0.15) is 32.4 Å². The van der Waals surface area contributed by atoms with Crippen molar-refractivity contribution in [3.8, 4) is 0 Å². The van der Waals surface area contributed by atoms with E-state index in [1.54, 1.807) is 20.8 Å². The van der Waals surface area contributed by atoms with E-state index in [0.29, 0.717) is 0 Å². The molecular weight excluding hydrogens is 282 g/mol. The molecule has 0 amide bonds. The second kappa shape index (κ2) is 5.68. The van der Waals surface area contributed by atoms with Gasteiger partial charge in [0.1, 0.15) is 10.6 Å². The Morgan fingerprint density at radius 3 is 1.95 bits per heavy atom. The average molecular weight is 297 g/mol. The van der Waals surface area contributed by atoms with E-state index in [2.05, 4.69) is 4.72 Å². The van der Waals surface area contributed by atoms with Gasteiger partial charge < -0.3 is 4.55 Å². The van der Waals surface area contributed by atoms with Gasteiger partial charge in [0.2, 0.25) is 0 Å². The summed E-state index contributed by atoms with van der Waals surface area (Å²) in [5.74, 6) is -0.624. The highest BCUT2D eigenvalue weighted by Gasteiger charge is 2.45. The van der Waals surface area contributed by atoms with E-state index in [-0.39, 0.29) is 5.56 Å². The molecule has 0 aliphatic carbocycles. The summed E-state index contributed by atoms with van der Waals surface area (Å²) in [7, 11) is 0. The molecule has 1 aromatic carbocycles. The van der Waals surface area contributed by atoms with E-state index in [1.165, 1.54) is 0 Å². The van der Waals surface area contributed by atoms with Crippen LogP contribution in [-0.2, 0) is 11.4 Å². The minimum Gasteiger partial charge on any atom is -0.598 e. The Morgan fingerprint density at radius 1 is 1.11 bits per heavy atom. The molecule has 108 valence electrons. The predicted octanol–water partition coefficient (Wildman–Crippen LogP) is 3.48. The molecule has 0 heterocycles. The maximum Gasteiger partial charge on any atom is 0.412 e. The van der Waals surface area contributed by atoms with Crippen LogP contribution in [0.5, 0.6) is 0 Å². The van der Waals surface area contributed by atoms with Crippen LogP contribution >= 0.6 is 0 Å². The summed E-state index contributed by atoms with van der Waals surface area (Å²) in [5.41, 5.74) is -0.175. The topological polar surface area (TPSA) is 35.1 Å². The van der Waals surface area contributed by atoms with Gasteiger partial charge in [-0.2, -0.15) is 13.2 Å². The van der Waals surface area contributed by atoms with Gasteiger partial charge in [-0.25, -0.2) is 4.39 Å².